The molecule has 0 spiro atoms. The van der Waals surface area contributed by atoms with Gasteiger partial charge in [-0.2, -0.15) is 22.2 Å². The van der Waals surface area contributed by atoms with Crippen LogP contribution in [0.15, 0.2) is 41.3 Å². The minimum Gasteiger partial charge on any atom is -0.365 e. The molecule has 0 saturated heterocycles. The van der Waals surface area contributed by atoms with Crippen LogP contribution in [-0.4, -0.2) is 33.5 Å². The van der Waals surface area contributed by atoms with E-state index in [9.17, 15) is 14.0 Å². The van der Waals surface area contributed by atoms with Gasteiger partial charge in [-0.1, -0.05) is 13.0 Å². The van der Waals surface area contributed by atoms with Gasteiger partial charge in [0.25, 0.3) is 11.5 Å². The molecule has 0 fully saturated rings. The van der Waals surface area contributed by atoms with Gasteiger partial charge < -0.3 is 11.1 Å². The molecule has 2 aromatic heterocycles. The number of hydrazine groups is 1. The Balaban J connectivity index is 0.00000481. The number of carbonyl (C=O) groups is 1. The van der Waals surface area contributed by atoms with Crippen molar-refractivity contribution in [2.75, 3.05) is 24.4 Å². The molecule has 1 aromatic carbocycles. The van der Waals surface area contributed by atoms with E-state index in [1.54, 1.807) is 24.5 Å². The van der Waals surface area contributed by atoms with Gasteiger partial charge in [-0.3, -0.25) is 14.2 Å². The highest BCUT2D eigenvalue weighted by Gasteiger charge is 2.20. The SMILES string of the molecule is CCNN(C)SONc1nccc(Cc2cc(C(N)=O)c(Nc3ccc(C)cc3F)n(C)c2=O)c1F.S. The summed E-state index contributed by atoms with van der Waals surface area (Å²) < 4.78 is 37.3. The number of aryl methyl sites for hydroxylation is 1. The van der Waals surface area contributed by atoms with Crippen molar-refractivity contribution in [1.82, 2.24) is 19.4 Å². The van der Waals surface area contributed by atoms with Crippen molar-refractivity contribution in [3.8, 4) is 0 Å². The molecule has 0 bridgehead atoms. The molecule has 10 nitrogen and oxygen atoms in total. The van der Waals surface area contributed by atoms with Crippen molar-refractivity contribution < 1.29 is 17.9 Å². The predicted octanol–water partition coefficient (Wildman–Crippen LogP) is 3.28. The number of hydrogen-bond donors (Lipinski definition) is 4. The first-order valence-electron chi connectivity index (χ1n) is 10.9. The highest BCUT2D eigenvalue weighted by Crippen LogP contribution is 2.25. The van der Waals surface area contributed by atoms with Crippen molar-refractivity contribution in [2.24, 2.45) is 12.8 Å². The summed E-state index contributed by atoms with van der Waals surface area (Å²) in [6, 6.07) is 7.18. The van der Waals surface area contributed by atoms with E-state index in [0.717, 1.165) is 16.8 Å². The molecule has 0 atom stereocenters. The third-order valence-corrected chi connectivity index (χ3v) is 5.66. The number of hydrogen-bond acceptors (Lipinski definition) is 9. The maximum absolute atomic E-state index is 15.1. The van der Waals surface area contributed by atoms with Gasteiger partial charge >= 0.3 is 0 Å². The molecule has 2 heterocycles. The summed E-state index contributed by atoms with van der Waals surface area (Å²) in [4.78, 5) is 29.2. The normalized spacial score (nSPS) is 10.8. The Labute approximate surface area is 224 Å². The second-order valence-corrected chi connectivity index (χ2v) is 8.71. The van der Waals surface area contributed by atoms with Crippen molar-refractivity contribution in [1.29, 1.82) is 0 Å². The third kappa shape index (κ3) is 7.42. The van der Waals surface area contributed by atoms with E-state index in [-0.39, 0.29) is 53.9 Å². The van der Waals surface area contributed by atoms with Gasteiger partial charge in [0.1, 0.15) is 23.9 Å². The lowest BCUT2D eigenvalue weighted by molar-refractivity contribution is 0.100. The molecule has 14 heteroatoms. The predicted molar refractivity (Wildman–Crippen MR) is 146 cm³/mol. The minimum atomic E-state index is -0.838. The summed E-state index contributed by atoms with van der Waals surface area (Å²) in [6.07, 6.45) is 1.21. The minimum absolute atomic E-state index is 0. The topological polar surface area (TPSA) is 127 Å². The van der Waals surface area contributed by atoms with Crippen LogP contribution in [0.1, 0.15) is 34.0 Å². The number of amides is 1. The van der Waals surface area contributed by atoms with Crippen LogP contribution in [0.2, 0.25) is 0 Å². The van der Waals surface area contributed by atoms with E-state index in [0.29, 0.717) is 12.1 Å². The number of anilines is 3. The van der Waals surface area contributed by atoms with Gasteiger partial charge in [-0.15, -0.1) is 0 Å². The highest BCUT2D eigenvalue weighted by molar-refractivity contribution is 7.92. The highest BCUT2D eigenvalue weighted by atomic mass is 32.2. The number of benzene rings is 1. The Morgan fingerprint density at radius 2 is 1.97 bits per heavy atom. The number of primary amides is 1. The first-order valence-corrected chi connectivity index (χ1v) is 11.6. The summed E-state index contributed by atoms with van der Waals surface area (Å²) in [5, 5.41) is 2.78. The lowest BCUT2D eigenvalue weighted by Crippen LogP contribution is -2.28. The van der Waals surface area contributed by atoms with Crippen molar-refractivity contribution >= 4 is 49.0 Å². The molecular formula is C23H29F2N7O3S2. The molecule has 0 unspecified atom stereocenters. The second kappa shape index (κ2) is 13.4. The zero-order valence-corrected chi connectivity index (χ0v) is 22.5. The average Bonchev–Trinajstić information content (AvgIpc) is 2.82. The molecule has 0 saturated carbocycles. The number of halogens is 2. The molecule has 3 aromatic rings. The largest absolute Gasteiger partial charge is 0.365 e. The number of nitrogens with one attached hydrogen (secondary N) is 3. The van der Waals surface area contributed by atoms with Crippen LogP contribution in [-0.2, 0) is 17.8 Å². The van der Waals surface area contributed by atoms with Crippen LogP contribution >= 0.6 is 25.7 Å². The lowest BCUT2D eigenvalue weighted by atomic mass is 10.0. The molecule has 1 amide bonds. The number of nitrogens with zero attached hydrogens (tertiary/aromatic N) is 3. The number of rotatable bonds is 11. The van der Waals surface area contributed by atoms with Gasteiger partial charge in [-0.05, 0) is 42.3 Å². The molecule has 0 aliphatic heterocycles. The van der Waals surface area contributed by atoms with E-state index in [1.807, 2.05) is 6.92 Å². The van der Waals surface area contributed by atoms with E-state index in [2.05, 4.69) is 21.2 Å². The van der Waals surface area contributed by atoms with Gasteiger partial charge in [0, 0.05) is 38.8 Å². The van der Waals surface area contributed by atoms with Crippen molar-refractivity contribution in [2.45, 2.75) is 20.3 Å². The Hall–Kier alpha value is -3.17. The fourth-order valence-corrected chi connectivity index (χ4v) is 3.79. The third-order valence-electron chi connectivity index (χ3n) is 5.15. The Bertz CT molecular complexity index is 1320. The zero-order chi connectivity index (χ0) is 26.4. The first-order chi connectivity index (χ1) is 17.1. The Morgan fingerprint density at radius 3 is 2.62 bits per heavy atom. The summed E-state index contributed by atoms with van der Waals surface area (Å²) in [5.41, 5.74) is 11.4. The molecule has 37 heavy (non-hydrogen) atoms. The van der Waals surface area contributed by atoms with E-state index in [4.69, 9.17) is 10.0 Å². The smallest absolute Gasteiger partial charge is 0.255 e. The fourth-order valence-electron chi connectivity index (χ4n) is 3.38. The monoisotopic (exact) mass is 553 g/mol. The van der Waals surface area contributed by atoms with Gasteiger partial charge in [0.2, 0.25) is 0 Å². The summed E-state index contributed by atoms with van der Waals surface area (Å²) >= 11 is 0.894. The molecule has 0 radical (unpaired) electrons. The number of aromatic nitrogens is 2. The molecular weight excluding hydrogens is 524 g/mol. The van der Waals surface area contributed by atoms with Crippen LogP contribution in [0.4, 0.5) is 26.1 Å². The van der Waals surface area contributed by atoms with Crippen molar-refractivity contribution in [3.63, 3.8) is 0 Å². The second-order valence-electron chi connectivity index (χ2n) is 7.85. The summed E-state index contributed by atoms with van der Waals surface area (Å²) in [5.74, 6) is -2.28. The average molecular weight is 554 g/mol. The maximum atomic E-state index is 15.1. The van der Waals surface area contributed by atoms with Gasteiger partial charge in [-0.25, -0.2) is 24.7 Å². The molecule has 200 valence electrons. The van der Waals surface area contributed by atoms with Gasteiger partial charge in [0.15, 0.2) is 11.6 Å². The van der Waals surface area contributed by atoms with E-state index in [1.165, 1.54) is 37.5 Å². The van der Waals surface area contributed by atoms with Crippen LogP contribution in [0.25, 0.3) is 0 Å². The van der Waals surface area contributed by atoms with Crippen LogP contribution in [0.5, 0.6) is 0 Å². The maximum Gasteiger partial charge on any atom is 0.255 e. The van der Waals surface area contributed by atoms with Crippen molar-refractivity contribution in [3.05, 3.63) is 80.8 Å². The summed E-state index contributed by atoms with van der Waals surface area (Å²) in [6.45, 7) is 4.32. The summed E-state index contributed by atoms with van der Waals surface area (Å²) in [7, 11) is 3.13. The first kappa shape index (κ1) is 30.1. The lowest BCUT2D eigenvalue weighted by Gasteiger charge is -2.17. The number of nitrogens with two attached hydrogens (primary N) is 1. The fraction of sp³-hybridized carbons (Fsp3) is 0.261. The Morgan fingerprint density at radius 1 is 1.24 bits per heavy atom. The van der Waals surface area contributed by atoms with E-state index >= 15 is 4.39 Å². The molecule has 0 aliphatic rings. The molecule has 3 rings (SSSR count). The standard InChI is InChI=1S/C23H27F2N7O3S.H2S/c1-5-28-32(4)36-35-30-21-19(25)14(8-9-27-21)11-15-12-16(20(26)33)22(31(3)23(15)34)29-18-7-6-13(2)10-17(18)24;/h6-10,12,28-29H,5,11H2,1-4H3,(H2,26,33)(H,27,30);1H2. The quantitative estimate of drug-likeness (QED) is 0.161. The van der Waals surface area contributed by atoms with Crippen LogP contribution in [0.3, 0.4) is 0 Å². The Kier molecular flexibility index (Phi) is 10.9. The number of carbonyl (C=O) groups excluding carboxylic acids is 1. The molecule has 5 N–H and O–H groups in total. The van der Waals surface area contributed by atoms with Crippen LogP contribution in [0, 0.1) is 18.6 Å². The van der Waals surface area contributed by atoms with E-state index < -0.39 is 23.1 Å². The van der Waals surface area contributed by atoms with Crippen LogP contribution < -0.4 is 27.5 Å². The molecule has 0 aliphatic carbocycles. The zero-order valence-electron chi connectivity index (χ0n) is 20.7. The van der Waals surface area contributed by atoms with Gasteiger partial charge in [0.05, 0.1) is 11.3 Å². The number of pyridine rings is 2.